The van der Waals surface area contributed by atoms with Crippen LogP contribution in [0.3, 0.4) is 0 Å². The number of hydrogen-bond acceptors (Lipinski definition) is 8. The van der Waals surface area contributed by atoms with E-state index in [4.69, 9.17) is 9.47 Å². The monoisotopic (exact) mass is 566 g/mol. The quantitative estimate of drug-likeness (QED) is 0.330. The number of imide groups is 2. The van der Waals surface area contributed by atoms with Gasteiger partial charge in [-0.25, -0.2) is 14.5 Å². The van der Waals surface area contributed by atoms with E-state index in [1.54, 1.807) is 12.1 Å². The highest BCUT2D eigenvalue weighted by Gasteiger charge is 2.38. The van der Waals surface area contributed by atoms with Crippen molar-refractivity contribution in [1.82, 2.24) is 4.90 Å². The summed E-state index contributed by atoms with van der Waals surface area (Å²) < 4.78 is 11.3. The first-order valence-electron chi connectivity index (χ1n) is 13.6. The van der Waals surface area contributed by atoms with Crippen LogP contribution in [0.25, 0.3) is 0 Å². The summed E-state index contributed by atoms with van der Waals surface area (Å²) in [5.41, 5.74) is 2.61. The molecule has 1 aliphatic carbocycles. The Labute approximate surface area is 240 Å². The number of rotatable bonds is 5. The molecular formula is C32H26N2O8. The van der Waals surface area contributed by atoms with Crippen molar-refractivity contribution >= 4 is 41.3 Å². The van der Waals surface area contributed by atoms with Crippen molar-refractivity contribution in [2.24, 2.45) is 0 Å². The lowest BCUT2D eigenvalue weighted by molar-refractivity contribution is -0.0108. The minimum Gasteiger partial charge on any atom is -0.459 e. The zero-order valence-corrected chi connectivity index (χ0v) is 22.9. The molecule has 0 spiro atoms. The Morgan fingerprint density at radius 3 is 1.57 bits per heavy atom. The highest BCUT2D eigenvalue weighted by molar-refractivity contribution is 6.34. The molecule has 0 radical (unpaired) electrons. The van der Waals surface area contributed by atoms with Gasteiger partial charge >= 0.3 is 11.9 Å². The second kappa shape index (κ2) is 10.4. The van der Waals surface area contributed by atoms with Gasteiger partial charge in [-0.05, 0) is 81.1 Å². The van der Waals surface area contributed by atoms with Gasteiger partial charge in [0.15, 0.2) is 0 Å². The van der Waals surface area contributed by atoms with Crippen LogP contribution in [-0.2, 0) is 9.47 Å². The van der Waals surface area contributed by atoms with Crippen LogP contribution >= 0.6 is 0 Å². The third kappa shape index (κ3) is 4.64. The number of hydrogen-bond donors (Lipinski definition) is 0. The zero-order valence-electron chi connectivity index (χ0n) is 22.9. The first-order valence-corrected chi connectivity index (χ1v) is 13.6. The Bertz CT molecular complexity index is 1690. The minimum atomic E-state index is -0.602. The van der Waals surface area contributed by atoms with E-state index in [1.165, 1.54) is 43.4 Å². The average molecular weight is 567 g/mol. The molecule has 3 aromatic carbocycles. The van der Waals surface area contributed by atoms with Crippen LogP contribution in [0.15, 0.2) is 60.7 Å². The van der Waals surface area contributed by atoms with E-state index in [1.807, 2.05) is 19.1 Å². The van der Waals surface area contributed by atoms with Gasteiger partial charge in [-0.3, -0.25) is 24.1 Å². The van der Waals surface area contributed by atoms with Crippen molar-refractivity contribution in [1.29, 1.82) is 0 Å². The molecule has 0 N–H and O–H groups in total. The largest absolute Gasteiger partial charge is 0.459 e. The number of aryl methyl sites for hydroxylation is 1. The molecule has 0 bridgehead atoms. The molecule has 0 aromatic heterocycles. The Balaban J connectivity index is 1.05. The lowest BCUT2D eigenvalue weighted by Crippen LogP contribution is -2.30. The maximum Gasteiger partial charge on any atom is 0.338 e. The highest BCUT2D eigenvalue weighted by atomic mass is 16.6. The minimum absolute atomic E-state index is 0.148. The molecule has 1 saturated carbocycles. The predicted molar refractivity (Wildman–Crippen MR) is 149 cm³/mol. The van der Waals surface area contributed by atoms with Gasteiger partial charge in [-0.15, -0.1) is 0 Å². The van der Waals surface area contributed by atoms with Crippen molar-refractivity contribution in [3.63, 3.8) is 0 Å². The number of carbonyl (C=O) groups excluding carboxylic acids is 6. The Kier molecular flexibility index (Phi) is 6.68. The molecule has 1 fully saturated rings. The number of ether oxygens (including phenoxy) is 2. The van der Waals surface area contributed by atoms with Crippen LogP contribution < -0.4 is 4.90 Å². The summed E-state index contributed by atoms with van der Waals surface area (Å²) in [6.07, 6.45) is 1.08. The van der Waals surface area contributed by atoms with Crippen molar-refractivity contribution in [2.45, 2.75) is 44.8 Å². The number of fused-ring (bicyclic) bond motifs is 2. The lowest BCUT2D eigenvalue weighted by atomic mass is 9.94. The zero-order chi connectivity index (χ0) is 29.7. The van der Waals surface area contributed by atoms with Gasteiger partial charge in [-0.1, -0.05) is 17.7 Å². The third-order valence-corrected chi connectivity index (χ3v) is 7.91. The van der Waals surface area contributed by atoms with Crippen LogP contribution in [-0.4, -0.2) is 59.7 Å². The lowest BCUT2D eigenvalue weighted by Gasteiger charge is -2.28. The van der Waals surface area contributed by atoms with Gasteiger partial charge in [0.1, 0.15) is 12.2 Å². The standard InChI is InChI=1S/C32H26N2O8/c1-17-3-7-20(8-4-17)34-29(37)24-14-6-19(16-26(24)30(34)38)32(40)42-22-11-9-21(10-12-22)41-31(39)18-5-13-23-25(15-18)28(36)33(2)27(23)35/h3-8,13-16,21-22H,9-12H2,1-2H3. The van der Waals surface area contributed by atoms with Crippen LogP contribution in [0.4, 0.5) is 5.69 Å². The van der Waals surface area contributed by atoms with E-state index in [9.17, 15) is 28.8 Å². The summed E-state index contributed by atoms with van der Waals surface area (Å²) in [6.45, 7) is 1.91. The van der Waals surface area contributed by atoms with Gasteiger partial charge in [0.25, 0.3) is 23.6 Å². The second-order valence-corrected chi connectivity index (χ2v) is 10.7. The van der Waals surface area contributed by atoms with Gasteiger partial charge in [0, 0.05) is 7.05 Å². The number of nitrogens with zero attached hydrogens (tertiary/aromatic N) is 2. The maximum atomic E-state index is 13.1. The second-order valence-electron chi connectivity index (χ2n) is 10.7. The van der Waals surface area contributed by atoms with Gasteiger partial charge in [-0.2, -0.15) is 0 Å². The molecule has 0 saturated heterocycles. The van der Waals surface area contributed by atoms with Gasteiger partial charge in [0.2, 0.25) is 0 Å². The number of benzene rings is 3. The van der Waals surface area contributed by atoms with Crippen LogP contribution in [0.2, 0.25) is 0 Å². The first kappa shape index (κ1) is 27.1. The molecular weight excluding hydrogens is 540 g/mol. The van der Waals surface area contributed by atoms with E-state index in [2.05, 4.69) is 0 Å². The SMILES string of the molecule is Cc1ccc(N2C(=O)c3ccc(C(=O)OC4CCC(OC(=O)c5ccc6c(c5)C(=O)N(C)C6=O)CC4)cc3C2=O)cc1. The average Bonchev–Trinajstić information content (AvgIpc) is 3.37. The van der Waals surface area contributed by atoms with Crippen molar-refractivity contribution in [3.8, 4) is 0 Å². The Morgan fingerprint density at radius 2 is 1.05 bits per heavy atom. The summed E-state index contributed by atoms with van der Waals surface area (Å²) in [5.74, 6) is -3.01. The molecule has 10 nitrogen and oxygen atoms in total. The summed E-state index contributed by atoms with van der Waals surface area (Å²) in [6, 6.07) is 15.7. The van der Waals surface area contributed by atoms with E-state index in [0.717, 1.165) is 15.4 Å². The molecule has 2 aliphatic heterocycles. The number of anilines is 1. The summed E-state index contributed by atoms with van der Waals surface area (Å²) in [5, 5.41) is 0. The highest BCUT2D eigenvalue weighted by Crippen LogP contribution is 2.31. The third-order valence-electron chi connectivity index (χ3n) is 7.91. The fourth-order valence-electron chi connectivity index (χ4n) is 5.49. The Morgan fingerprint density at radius 1 is 0.619 bits per heavy atom. The maximum absolute atomic E-state index is 13.1. The topological polar surface area (TPSA) is 127 Å². The van der Waals surface area contributed by atoms with E-state index in [-0.39, 0.29) is 33.4 Å². The number of carbonyl (C=O) groups is 6. The fraction of sp³-hybridized carbons (Fsp3) is 0.250. The summed E-state index contributed by atoms with van der Waals surface area (Å²) >= 11 is 0. The number of amides is 4. The predicted octanol–water partition coefficient (Wildman–Crippen LogP) is 4.35. The van der Waals surface area contributed by atoms with Crippen molar-refractivity contribution in [3.05, 3.63) is 99.6 Å². The van der Waals surface area contributed by atoms with E-state index >= 15 is 0 Å². The molecule has 10 heteroatoms. The Hall–Kier alpha value is -5.12. The van der Waals surface area contributed by atoms with Crippen LogP contribution in [0.5, 0.6) is 0 Å². The molecule has 6 rings (SSSR count). The summed E-state index contributed by atoms with van der Waals surface area (Å²) in [7, 11) is 1.39. The molecule has 3 aromatic rings. The van der Waals surface area contributed by atoms with Gasteiger partial charge in [0.05, 0.1) is 39.1 Å². The van der Waals surface area contributed by atoms with Crippen molar-refractivity contribution < 1.29 is 38.2 Å². The molecule has 2 heterocycles. The normalized spacial score (nSPS) is 19.6. The fourth-order valence-corrected chi connectivity index (χ4v) is 5.49. The molecule has 0 unspecified atom stereocenters. The molecule has 0 atom stereocenters. The first-order chi connectivity index (χ1) is 20.1. The molecule has 3 aliphatic rings. The van der Waals surface area contributed by atoms with Gasteiger partial charge < -0.3 is 9.47 Å². The van der Waals surface area contributed by atoms with E-state index in [0.29, 0.717) is 31.4 Å². The van der Waals surface area contributed by atoms with Crippen LogP contribution in [0.1, 0.15) is 93.4 Å². The van der Waals surface area contributed by atoms with Crippen molar-refractivity contribution in [2.75, 3.05) is 11.9 Å². The smallest absolute Gasteiger partial charge is 0.338 e. The van der Waals surface area contributed by atoms with E-state index < -0.39 is 47.8 Å². The molecule has 212 valence electrons. The number of esters is 2. The molecule has 4 amide bonds. The summed E-state index contributed by atoms with van der Waals surface area (Å²) in [4.78, 5) is 78.0. The van der Waals surface area contributed by atoms with Crippen LogP contribution in [0, 0.1) is 6.92 Å². The molecule has 42 heavy (non-hydrogen) atoms.